The topological polar surface area (TPSA) is 52.6 Å². The molecule has 3 rings (SSSR count). The van der Waals surface area contributed by atoms with Crippen LogP contribution in [0.25, 0.3) is 0 Å². The SMILES string of the molecule is C[C@@H]1CCC(=O)Oc2cc3c(cc21)OC(=O)CC[C@@H]3C. The second kappa shape index (κ2) is 4.93. The molecule has 4 heteroatoms. The van der Waals surface area contributed by atoms with Gasteiger partial charge in [-0.3, -0.25) is 9.59 Å². The molecule has 2 heterocycles. The first kappa shape index (κ1) is 13.2. The molecule has 0 bridgehead atoms. The third-order valence-corrected chi connectivity index (χ3v) is 4.21. The fraction of sp³-hybridized carbons (Fsp3) is 0.500. The van der Waals surface area contributed by atoms with Gasteiger partial charge in [-0.25, -0.2) is 0 Å². The van der Waals surface area contributed by atoms with E-state index in [-0.39, 0.29) is 23.8 Å². The van der Waals surface area contributed by atoms with Crippen LogP contribution in [0.2, 0.25) is 0 Å². The number of hydrogen-bond acceptors (Lipinski definition) is 4. The zero-order valence-corrected chi connectivity index (χ0v) is 11.8. The Bertz CT molecular complexity index is 524. The first-order valence-corrected chi connectivity index (χ1v) is 7.14. The molecular formula is C16H18O4. The van der Waals surface area contributed by atoms with Gasteiger partial charge in [0.1, 0.15) is 11.5 Å². The van der Waals surface area contributed by atoms with Gasteiger partial charge in [-0.1, -0.05) is 13.8 Å². The third-order valence-electron chi connectivity index (χ3n) is 4.21. The largest absolute Gasteiger partial charge is 0.426 e. The molecule has 0 saturated heterocycles. The summed E-state index contributed by atoms with van der Waals surface area (Å²) in [5, 5.41) is 0. The highest BCUT2D eigenvalue weighted by molar-refractivity contribution is 5.76. The number of ether oxygens (including phenoxy) is 2. The first-order chi connectivity index (χ1) is 9.54. The average molecular weight is 274 g/mol. The first-order valence-electron chi connectivity index (χ1n) is 7.14. The monoisotopic (exact) mass is 274 g/mol. The highest BCUT2D eigenvalue weighted by Gasteiger charge is 2.27. The van der Waals surface area contributed by atoms with E-state index in [1.807, 2.05) is 12.1 Å². The minimum absolute atomic E-state index is 0.186. The van der Waals surface area contributed by atoms with E-state index in [9.17, 15) is 9.59 Å². The average Bonchev–Trinajstić information content (AvgIpc) is 2.63. The fourth-order valence-corrected chi connectivity index (χ4v) is 2.87. The number of carbonyl (C=O) groups is 2. The van der Waals surface area contributed by atoms with Crippen LogP contribution in [0, 0.1) is 0 Å². The molecule has 0 fully saturated rings. The van der Waals surface area contributed by atoms with Crippen LogP contribution in [0.4, 0.5) is 0 Å². The Kier molecular flexibility index (Phi) is 3.24. The highest BCUT2D eigenvalue weighted by atomic mass is 16.5. The highest BCUT2D eigenvalue weighted by Crippen LogP contribution is 2.42. The number of fused-ring (bicyclic) bond motifs is 2. The molecule has 0 radical (unpaired) electrons. The Morgan fingerprint density at radius 2 is 1.25 bits per heavy atom. The fourth-order valence-electron chi connectivity index (χ4n) is 2.87. The van der Waals surface area contributed by atoms with E-state index in [0.29, 0.717) is 24.3 Å². The lowest BCUT2D eigenvalue weighted by molar-refractivity contribution is -0.135. The van der Waals surface area contributed by atoms with Gasteiger partial charge in [0.2, 0.25) is 0 Å². The number of hydrogen-bond donors (Lipinski definition) is 0. The van der Waals surface area contributed by atoms with Crippen molar-refractivity contribution in [3.05, 3.63) is 23.3 Å². The van der Waals surface area contributed by atoms with E-state index in [4.69, 9.17) is 9.47 Å². The standard InChI is InChI=1S/C16H18O4/c1-9-3-5-15(17)19-13-8-12-10(2)4-6-16(18)20-14(12)7-11(9)13/h7-10H,3-6H2,1-2H3/t9-,10+. The predicted molar refractivity (Wildman–Crippen MR) is 73.0 cm³/mol. The summed E-state index contributed by atoms with van der Waals surface area (Å²) in [4.78, 5) is 23.3. The maximum atomic E-state index is 11.7. The quantitative estimate of drug-likeness (QED) is 0.538. The van der Waals surface area contributed by atoms with Gasteiger partial charge in [-0.05, 0) is 36.8 Å². The molecule has 0 spiro atoms. The molecule has 0 aromatic heterocycles. The van der Waals surface area contributed by atoms with Crippen LogP contribution in [-0.4, -0.2) is 11.9 Å². The van der Waals surface area contributed by atoms with Crippen molar-refractivity contribution < 1.29 is 19.1 Å². The number of rotatable bonds is 0. The van der Waals surface area contributed by atoms with Crippen LogP contribution in [0.15, 0.2) is 12.1 Å². The summed E-state index contributed by atoms with van der Waals surface area (Å²) in [5.41, 5.74) is 1.91. The van der Waals surface area contributed by atoms with Crippen molar-refractivity contribution in [2.75, 3.05) is 0 Å². The van der Waals surface area contributed by atoms with E-state index < -0.39 is 0 Å². The molecular weight excluding hydrogens is 256 g/mol. The Hall–Kier alpha value is -1.84. The van der Waals surface area contributed by atoms with Crippen molar-refractivity contribution in [1.29, 1.82) is 0 Å². The zero-order valence-electron chi connectivity index (χ0n) is 11.8. The lowest BCUT2D eigenvalue weighted by Crippen LogP contribution is -2.07. The minimum atomic E-state index is -0.186. The summed E-state index contributed by atoms with van der Waals surface area (Å²) in [5.74, 6) is 1.33. The Morgan fingerprint density at radius 1 is 0.850 bits per heavy atom. The van der Waals surface area contributed by atoms with Crippen LogP contribution >= 0.6 is 0 Å². The molecule has 0 saturated carbocycles. The van der Waals surface area contributed by atoms with Crippen LogP contribution in [0.5, 0.6) is 11.5 Å². The van der Waals surface area contributed by atoms with Gasteiger partial charge in [0.05, 0.1) is 0 Å². The maximum Gasteiger partial charge on any atom is 0.311 e. The van der Waals surface area contributed by atoms with Gasteiger partial charge in [0, 0.05) is 24.0 Å². The molecule has 2 atom stereocenters. The van der Waals surface area contributed by atoms with Crippen LogP contribution in [0.1, 0.15) is 62.5 Å². The minimum Gasteiger partial charge on any atom is -0.426 e. The van der Waals surface area contributed by atoms with Crippen molar-refractivity contribution in [1.82, 2.24) is 0 Å². The van der Waals surface area contributed by atoms with E-state index in [0.717, 1.165) is 24.0 Å². The molecule has 2 aliphatic rings. The van der Waals surface area contributed by atoms with Gasteiger partial charge in [0.15, 0.2) is 0 Å². The van der Waals surface area contributed by atoms with Crippen molar-refractivity contribution >= 4 is 11.9 Å². The van der Waals surface area contributed by atoms with Crippen LogP contribution < -0.4 is 9.47 Å². The number of benzene rings is 1. The summed E-state index contributed by atoms with van der Waals surface area (Å²) in [6.07, 6.45) is 2.37. The Morgan fingerprint density at radius 3 is 1.65 bits per heavy atom. The van der Waals surface area contributed by atoms with Crippen molar-refractivity contribution in [3.8, 4) is 11.5 Å². The Labute approximate surface area is 118 Å². The lowest BCUT2D eigenvalue weighted by atomic mass is 9.90. The van der Waals surface area contributed by atoms with Crippen LogP contribution in [0.3, 0.4) is 0 Å². The van der Waals surface area contributed by atoms with Crippen LogP contribution in [-0.2, 0) is 9.59 Å². The van der Waals surface area contributed by atoms with Gasteiger partial charge in [0.25, 0.3) is 0 Å². The summed E-state index contributed by atoms with van der Waals surface area (Å²) in [6.45, 7) is 4.13. The van der Waals surface area contributed by atoms with Crippen molar-refractivity contribution in [2.45, 2.75) is 51.4 Å². The van der Waals surface area contributed by atoms with Gasteiger partial charge < -0.3 is 9.47 Å². The van der Waals surface area contributed by atoms with E-state index in [1.165, 1.54) is 0 Å². The summed E-state index contributed by atoms with van der Waals surface area (Å²) in [6, 6.07) is 3.77. The molecule has 2 aliphatic heterocycles. The Balaban J connectivity index is 2.11. The molecule has 4 nitrogen and oxygen atoms in total. The summed E-state index contributed by atoms with van der Waals surface area (Å²) in [7, 11) is 0. The smallest absolute Gasteiger partial charge is 0.311 e. The number of esters is 2. The second-order valence-electron chi connectivity index (χ2n) is 5.76. The molecule has 0 N–H and O–H groups in total. The van der Waals surface area contributed by atoms with Crippen molar-refractivity contribution in [3.63, 3.8) is 0 Å². The van der Waals surface area contributed by atoms with E-state index in [1.54, 1.807) is 0 Å². The maximum absolute atomic E-state index is 11.7. The van der Waals surface area contributed by atoms with Gasteiger partial charge in [-0.15, -0.1) is 0 Å². The second-order valence-corrected chi connectivity index (χ2v) is 5.76. The lowest BCUT2D eigenvalue weighted by Gasteiger charge is -2.17. The molecule has 0 aliphatic carbocycles. The van der Waals surface area contributed by atoms with E-state index >= 15 is 0 Å². The molecule has 106 valence electrons. The third kappa shape index (κ3) is 2.30. The van der Waals surface area contributed by atoms with Gasteiger partial charge in [-0.2, -0.15) is 0 Å². The molecule has 0 amide bonds. The van der Waals surface area contributed by atoms with Crippen molar-refractivity contribution in [2.24, 2.45) is 0 Å². The molecule has 1 aromatic rings. The predicted octanol–water partition coefficient (Wildman–Crippen LogP) is 3.29. The molecule has 20 heavy (non-hydrogen) atoms. The molecule has 0 unspecified atom stereocenters. The van der Waals surface area contributed by atoms with Gasteiger partial charge >= 0.3 is 11.9 Å². The summed E-state index contributed by atoms with van der Waals surface area (Å²) >= 11 is 0. The normalized spacial score (nSPS) is 25.7. The zero-order chi connectivity index (χ0) is 14.3. The summed E-state index contributed by atoms with van der Waals surface area (Å²) < 4.78 is 10.9. The van der Waals surface area contributed by atoms with E-state index in [2.05, 4.69) is 13.8 Å². The number of carbonyl (C=O) groups excluding carboxylic acids is 2. The molecule has 1 aromatic carbocycles.